The van der Waals surface area contributed by atoms with Crippen LogP contribution in [0.5, 0.6) is 0 Å². The highest BCUT2D eigenvalue weighted by Crippen LogP contribution is 2.15. The van der Waals surface area contributed by atoms with Crippen molar-refractivity contribution in [2.24, 2.45) is 0 Å². The minimum Gasteiger partial charge on any atom is -0.460 e. The molecule has 0 spiro atoms. The minimum absolute atomic E-state index is 0.203. The molecule has 32 heavy (non-hydrogen) atoms. The number of benzene rings is 2. The van der Waals surface area contributed by atoms with Crippen LogP contribution in [0.15, 0.2) is 54.6 Å². The minimum atomic E-state index is -0.203. The molecule has 0 aliphatic rings. The van der Waals surface area contributed by atoms with Gasteiger partial charge >= 0.3 is 5.97 Å². The molecule has 2 aromatic carbocycles. The van der Waals surface area contributed by atoms with Gasteiger partial charge in [-0.15, -0.1) is 0 Å². The van der Waals surface area contributed by atoms with Crippen LogP contribution in [-0.2, 0) is 22.7 Å². The highest BCUT2D eigenvalue weighted by atomic mass is 16.5. The maximum atomic E-state index is 12.5. The third-order valence-corrected chi connectivity index (χ3v) is 5.35. The molecule has 0 fully saturated rings. The van der Waals surface area contributed by atoms with E-state index in [-0.39, 0.29) is 12.5 Å². The van der Waals surface area contributed by atoms with Crippen LogP contribution in [0, 0.1) is 6.57 Å². The molecule has 0 radical (unpaired) electrons. The number of esters is 1. The fourth-order valence-electron chi connectivity index (χ4n) is 3.75. The normalized spacial score (nSPS) is 11.0. The third-order valence-electron chi connectivity index (χ3n) is 5.35. The smallest absolute Gasteiger partial charge is 0.320 e. The van der Waals surface area contributed by atoms with Crippen LogP contribution in [0.25, 0.3) is 4.85 Å². The second-order valence-electron chi connectivity index (χ2n) is 8.18. The fraction of sp³-hybridized carbons (Fsp3) is 0.481. The first-order chi connectivity index (χ1) is 15.6. The summed E-state index contributed by atoms with van der Waals surface area (Å²) in [6.45, 7) is 17.1. The zero-order chi connectivity index (χ0) is 23.0. The number of carbonyl (C=O) groups is 1. The van der Waals surface area contributed by atoms with E-state index in [1.807, 2.05) is 54.6 Å². The number of nitrogens with zero attached hydrogens (tertiary/aromatic N) is 3. The average Bonchev–Trinajstić information content (AvgIpc) is 2.82. The van der Waals surface area contributed by atoms with E-state index in [0.717, 1.165) is 50.1 Å². The van der Waals surface area contributed by atoms with Crippen molar-refractivity contribution in [1.29, 1.82) is 0 Å². The van der Waals surface area contributed by atoms with Gasteiger partial charge in [0.2, 0.25) is 0 Å². The van der Waals surface area contributed by atoms with Gasteiger partial charge in [-0.1, -0.05) is 68.4 Å². The van der Waals surface area contributed by atoms with Gasteiger partial charge in [-0.2, -0.15) is 0 Å². The lowest BCUT2D eigenvalue weighted by Gasteiger charge is -2.24. The van der Waals surface area contributed by atoms with Crippen LogP contribution >= 0.6 is 0 Å². The highest BCUT2D eigenvalue weighted by Gasteiger charge is 2.13. The molecule has 0 aromatic heterocycles. The summed E-state index contributed by atoms with van der Waals surface area (Å²) in [6, 6.07) is 17.4. The number of hydrogen-bond donors (Lipinski definition) is 0. The quantitative estimate of drug-likeness (QED) is 0.205. The maximum Gasteiger partial charge on any atom is 0.320 e. The van der Waals surface area contributed by atoms with Crippen molar-refractivity contribution in [2.75, 3.05) is 32.7 Å². The molecule has 0 unspecified atom stereocenters. The van der Waals surface area contributed by atoms with E-state index in [1.54, 1.807) is 0 Å². The Morgan fingerprint density at radius 2 is 1.47 bits per heavy atom. The van der Waals surface area contributed by atoms with E-state index in [1.165, 1.54) is 12.8 Å². The molecular weight excluding hydrogens is 398 g/mol. The van der Waals surface area contributed by atoms with Crippen molar-refractivity contribution < 1.29 is 9.53 Å². The zero-order valence-electron chi connectivity index (χ0n) is 19.6. The Balaban J connectivity index is 1.89. The van der Waals surface area contributed by atoms with Gasteiger partial charge in [-0.25, -0.2) is 4.85 Å². The van der Waals surface area contributed by atoms with E-state index in [2.05, 4.69) is 28.5 Å². The summed E-state index contributed by atoms with van der Waals surface area (Å²) in [4.78, 5) is 20.7. The van der Waals surface area contributed by atoms with Crippen molar-refractivity contribution in [1.82, 2.24) is 9.80 Å². The molecule has 0 amide bonds. The molecule has 0 aliphatic carbocycles. The van der Waals surface area contributed by atoms with Gasteiger partial charge in [0.1, 0.15) is 6.61 Å². The van der Waals surface area contributed by atoms with Gasteiger partial charge < -0.3 is 9.64 Å². The summed E-state index contributed by atoms with van der Waals surface area (Å²) in [5.74, 6) is -0.203. The molecule has 0 saturated carbocycles. The van der Waals surface area contributed by atoms with Crippen LogP contribution in [0.4, 0.5) is 5.69 Å². The number of unbranched alkanes of at least 4 members (excludes halogenated alkanes) is 1. The molecule has 0 aliphatic heterocycles. The fourth-order valence-corrected chi connectivity index (χ4v) is 3.75. The lowest BCUT2D eigenvalue weighted by molar-refractivity contribution is -0.146. The van der Waals surface area contributed by atoms with Gasteiger partial charge in [0.05, 0.1) is 13.1 Å². The summed E-state index contributed by atoms with van der Waals surface area (Å²) in [7, 11) is 0. The molecule has 172 valence electrons. The van der Waals surface area contributed by atoms with Crippen LogP contribution in [0.3, 0.4) is 0 Å². The van der Waals surface area contributed by atoms with E-state index >= 15 is 0 Å². The second-order valence-corrected chi connectivity index (χ2v) is 8.18. The average molecular weight is 436 g/mol. The standard InChI is InChI=1S/C27H37N3O2/c1-4-17-29(18-5-2)19-9-10-20-30(21-24-13-15-26(28-3)16-14-24)22-27(31)32-23-25-11-7-6-8-12-25/h6-8,11-16H,4-5,9-10,17-23H2,1-2H3. The molecule has 0 heterocycles. The van der Waals surface area contributed by atoms with Crippen LogP contribution in [-0.4, -0.2) is 48.5 Å². The SMILES string of the molecule is [C-]#[N+]c1ccc(CN(CCCCN(CCC)CCC)CC(=O)OCc2ccccc2)cc1. The topological polar surface area (TPSA) is 37.1 Å². The zero-order valence-corrected chi connectivity index (χ0v) is 19.6. The van der Waals surface area contributed by atoms with E-state index in [9.17, 15) is 4.79 Å². The summed E-state index contributed by atoms with van der Waals surface area (Å²) in [5.41, 5.74) is 2.73. The lowest BCUT2D eigenvalue weighted by Crippen LogP contribution is -2.32. The Morgan fingerprint density at radius 1 is 0.844 bits per heavy atom. The van der Waals surface area contributed by atoms with Gasteiger partial charge in [0.15, 0.2) is 5.69 Å². The predicted octanol–water partition coefficient (Wildman–Crippen LogP) is 5.68. The first-order valence-corrected chi connectivity index (χ1v) is 11.7. The van der Waals surface area contributed by atoms with Crippen molar-refractivity contribution in [3.05, 3.63) is 77.1 Å². The predicted molar refractivity (Wildman–Crippen MR) is 130 cm³/mol. The van der Waals surface area contributed by atoms with Crippen LogP contribution < -0.4 is 0 Å². The molecule has 2 rings (SSSR count). The van der Waals surface area contributed by atoms with Crippen molar-refractivity contribution in [3.63, 3.8) is 0 Å². The van der Waals surface area contributed by atoms with Crippen LogP contribution in [0.2, 0.25) is 0 Å². The molecular formula is C27H37N3O2. The Hall–Kier alpha value is -2.68. The van der Waals surface area contributed by atoms with Crippen molar-refractivity contribution in [2.45, 2.75) is 52.7 Å². The van der Waals surface area contributed by atoms with Gasteiger partial charge in [0.25, 0.3) is 0 Å². The number of hydrogen-bond acceptors (Lipinski definition) is 4. The molecule has 5 heteroatoms. The Bertz CT molecular complexity index is 809. The van der Waals surface area contributed by atoms with E-state index < -0.39 is 0 Å². The first kappa shape index (κ1) is 25.6. The molecule has 0 N–H and O–H groups in total. The largest absolute Gasteiger partial charge is 0.460 e. The molecule has 0 atom stereocenters. The second kappa shape index (κ2) is 15.2. The van der Waals surface area contributed by atoms with E-state index in [4.69, 9.17) is 11.3 Å². The van der Waals surface area contributed by atoms with Gasteiger partial charge in [0, 0.05) is 6.54 Å². The van der Waals surface area contributed by atoms with Crippen LogP contribution in [0.1, 0.15) is 50.7 Å². The van der Waals surface area contributed by atoms with Gasteiger partial charge in [-0.05, 0) is 63.0 Å². The summed E-state index contributed by atoms with van der Waals surface area (Å²) < 4.78 is 5.51. The summed E-state index contributed by atoms with van der Waals surface area (Å²) in [5, 5.41) is 0. The number of ether oxygens (including phenoxy) is 1. The Kier molecular flexibility index (Phi) is 12.1. The summed E-state index contributed by atoms with van der Waals surface area (Å²) in [6.07, 6.45) is 4.52. The monoisotopic (exact) mass is 435 g/mol. The molecule has 2 aromatic rings. The maximum absolute atomic E-state index is 12.5. The lowest BCUT2D eigenvalue weighted by atomic mass is 10.2. The van der Waals surface area contributed by atoms with Crippen molar-refractivity contribution >= 4 is 11.7 Å². The molecule has 0 saturated heterocycles. The number of carbonyl (C=O) groups excluding carboxylic acids is 1. The van der Waals surface area contributed by atoms with Gasteiger partial charge in [-0.3, -0.25) is 9.69 Å². The molecule has 5 nitrogen and oxygen atoms in total. The molecule has 0 bridgehead atoms. The number of rotatable bonds is 15. The Morgan fingerprint density at radius 3 is 2.06 bits per heavy atom. The first-order valence-electron chi connectivity index (χ1n) is 11.7. The highest BCUT2D eigenvalue weighted by molar-refractivity contribution is 5.71. The third kappa shape index (κ3) is 10.1. The Labute approximate surface area is 193 Å². The summed E-state index contributed by atoms with van der Waals surface area (Å²) >= 11 is 0. The van der Waals surface area contributed by atoms with Crippen molar-refractivity contribution in [3.8, 4) is 0 Å². The van der Waals surface area contributed by atoms with E-state index in [0.29, 0.717) is 18.8 Å².